The lowest BCUT2D eigenvalue weighted by Crippen LogP contribution is -2.44. The van der Waals surface area contributed by atoms with Crippen molar-refractivity contribution in [2.45, 2.75) is 71.4 Å². The standard InChI is InChI=1S/C17H31N3S/c1-5-20(15-9-7-6-8-13(15)10-18)11-14-12-21-16(19-14)17(2,3)4/h12-13,15H,5-11,18H2,1-4H3. The predicted molar refractivity (Wildman–Crippen MR) is 91.7 cm³/mol. The van der Waals surface area contributed by atoms with Gasteiger partial charge in [-0.3, -0.25) is 4.90 Å². The average Bonchev–Trinajstić information content (AvgIpc) is 2.93. The second kappa shape index (κ2) is 7.21. The second-order valence-electron chi connectivity index (χ2n) is 7.30. The Kier molecular flexibility index (Phi) is 5.81. The molecule has 0 saturated heterocycles. The van der Waals surface area contributed by atoms with Crippen molar-refractivity contribution in [2.24, 2.45) is 11.7 Å². The summed E-state index contributed by atoms with van der Waals surface area (Å²) in [7, 11) is 0. The van der Waals surface area contributed by atoms with E-state index in [0.717, 1.165) is 19.6 Å². The summed E-state index contributed by atoms with van der Waals surface area (Å²) in [6.07, 6.45) is 5.29. The van der Waals surface area contributed by atoms with Gasteiger partial charge in [-0.1, -0.05) is 40.5 Å². The third-order valence-corrected chi connectivity index (χ3v) is 5.92. The van der Waals surface area contributed by atoms with E-state index in [2.05, 4.69) is 38.0 Å². The molecule has 0 spiro atoms. The number of aromatic nitrogens is 1. The molecule has 1 saturated carbocycles. The van der Waals surface area contributed by atoms with E-state index in [9.17, 15) is 0 Å². The Morgan fingerprint density at radius 1 is 1.33 bits per heavy atom. The maximum atomic E-state index is 6.00. The largest absolute Gasteiger partial charge is 0.330 e. The number of rotatable bonds is 5. The number of hydrogen-bond donors (Lipinski definition) is 1. The molecule has 3 nitrogen and oxygen atoms in total. The summed E-state index contributed by atoms with van der Waals surface area (Å²) in [6, 6.07) is 0.647. The minimum atomic E-state index is 0.157. The first-order valence-electron chi connectivity index (χ1n) is 8.34. The first-order chi connectivity index (χ1) is 9.95. The minimum Gasteiger partial charge on any atom is -0.330 e. The third-order valence-electron chi connectivity index (χ3n) is 4.61. The maximum absolute atomic E-state index is 6.00. The summed E-state index contributed by atoms with van der Waals surface area (Å²) < 4.78 is 0. The first kappa shape index (κ1) is 16.9. The van der Waals surface area contributed by atoms with Crippen molar-refractivity contribution in [1.82, 2.24) is 9.88 Å². The Morgan fingerprint density at radius 3 is 2.62 bits per heavy atom. The number of nitrogens with two attached hydrogens (primary N) is 1. The molecule has 2 atom stereocenters. The van der Waals surface area contributed by atoms with Gasteiger partial charge < -0.3 is 5.73 Å². The lowest BCUT2D eigenvalue weighted by Gasteiger charge is -2.39. The summed E-state index contributed by atoms with van der Waals surface area (Å²) in [5, 5.41) is 3.48. The molecule has 4 heteroatoms. The van der Waals surface area contributed by atoms with Crippen molar-refractivity contribution >= 4 is 11.3 Å². The molecule has 1 aliphatic carbocycles. The van der Waals surface area contributed by atoms with Crippen molar-refractivity contribution < 1.29 is 0 Å². The topological polar surface area (TPSA) is 42.2 Å². The Bertz CT molecular complexity index is 435. The molecule has 1 aliphatic rings. The van der Waals surface area contributed by atoms with Gasteiger partial charge in [-0.25, -0.2) is 4.98 Å². The Balaban J connectivity index is 2.06. The van der Waals surface area contributed by atoms with Crippen LogP contribution >= 0.6 is 11.3 Å². The molecule has 0 radical (unpaired) electrons. The number of thiazole rings is 1. The van der Waals surface area contributed by atoms with Crippen molar-refractivity contribution in [3.8, 4) is 0 Å². The highest BCUT2D eigenvalue weighted by atomic mass is 32.1. The zero-order valence-corrected chi connectivity index (χ0v) is 14.9. The summed E-state index contributed by atoms with van der Waals surface area (Å²) in [4.78, 5) is 7.46. The molecule has 2 N–H and O–H groups in total. The molecule has 1 aromatic heterocycles. The van der Waals surface area contributed by atoms with Gasteiger partial charge in [-0.15, -0.1) is 11.3 Å². The molecule has 2 rings (SSSR count). The van der Waals surface area contributed by atoms with E-state index in [4.69, 9.17) is 10.7 Å². The normalized spacial score (nSPS) is 23.7. The number of hydrogen-bond acceptors (Lipinski definition) is 4. The van der Waals surface area contributed by atoms with E-state index in [0.29, 0.717) is 12.0 Å². The lowest BCUT2D eigenvalue weighted by molar-refractivity contribution is 0.104. The van der Waals surface area contributed by atoms with E-state index >= 15 is 0 Å². The summed E-state index contributed by atoms with van der Waals surface area (Å²) in [5.74, 6) is 0.666. The summed E-state index contributed by atoms with van der Waals surface area (Å²) in [6.45, 7) is 11.9. The molecule has 0 amide bonds. The smallest absolute Gasteiger partial charge is 0.0982 e. The van der Waals surface area contributed by atoms with Crippen LogP contribution in [-0.2, 0) is 12.0 Å². The second-order valence-corrected chi connectivity index (χ2v) is 8.16. The van der Waals surface area contributed by atoms with Gasteiger partial charge in [0.2, 0.25) is 0 Å². The fourth-order valence-corrected chi connectivity index (χ4v) is 4.24. The van der Waals surface area contributed by atoms with Gasteiger partial charge in [0.15, 0.2) is 0 Å². The van der Waals surface area contributed by atoms with E-state index in [1.54, 1.807) is 11.3 Å². The molecule has 1 heterocycles. The molecule has 1 aromatic rings. The number of nitrogens with zero attached hydrogens (tertiary/aromatic N) is 2. The summed E-state index contributed by atoms with van der Waals surface area (Å²) in [5.41, 5.74) is 7.39. The van der Waals surface area contributed by atoms with Crippen LogP contribution in [0.4, 0.5) is 0 Å². The van der Waals surface area contributed by atoms with Crippen LogP contribution in [0.15, 0.2) is 5.38 Å². The Labute approximate surface area is 133 Å². The van der Waals surface area contributed by atoms with Crippen LogP contribution in [0.5, 0.6) is 0 Å². The maximum Gasteiger partial charge on any atom is 0.0982 e. The molecule has 0 aromatic carbocycles. The lowest BCUT2D eigenvalue weighted by atomic mass is 9.83. The van der Waals surface area contributed by atoms with Gasteiger partial charge in [0.05, 0.1) is 10.7 Å². The van der Waals surface area contributed by atoms with E-state index in [1.165, 1.54) is 36.4 Å². The Morgan fingerprint density at radius 2 is 2.05 bits per heavy atom. The van der Waals surface area contributed by atoms with Crippen molar-refractivity contribution in [2.75, 3.05) is 13.1 Å². The highest BCUT2D eigenvalue weighted by molar-refractivity contribution is 7.09. The molecule has 1 fully saturated rings. The third kappa shape index (κ3) is 4.27. The van der Waals surface area contributed by atoms with Gasteiger partial charge in [0, 0.05) is 23.4 Å². The van der Waals surface area contributed by atoms with Gasteiger partial charge in [0.1, 0.15) is 0 Å². The van der Waals surface area contributed by atoms with Crippen LogP contribution in [0.2, 0.25) is 0 Å². The highest BCUT2D eigenvalue weighted by Crippen LogP contribution is 2.30. The van der Waals surface area contributed by atoms with E-state index in [1.807, 2.05) is 0 Å². The quantitative estimate of drug-likeness (QED) is 0.900. The van der Waals surface area contributed by atoms with Gasteiger partial charge >= 0.3 is 0 Å². The van der Waals surface area contributed by atoms with Gasteiger partial charge in [-0.2, -0.15) is 0 Å². The summed E-state index contributed by atoms with van der Waals surface area (Å²) >= 11 is 1.80. The Hall–Kier alpha value is -0.450. The molecule has 21 heavy (non-hydrogen) atoms. The van der Waals surface area contributed by atoms with Crippen molar-refractivity contribution in [3.63, 3.8) is 0 Å². The molecule has 0 aliphatic heterocycles. The van der Waals surface area contributed by atoms with Crippen LogP contribution in [-0.4, -0.2) is 29.0 Å². The molecule has 120 valence electrons. The molecular weight excluding hydrogens is 278 g/mol. The molecule has 0 bridgehead atoms. The zero-order chi connectivity index (χ0) is 15.5. The van der Waals surface area contributed by atoms with Gasteiger partial charge in [0.25, 0.3) is 0 Å². The van der Waals surface area contributed by atoms with Crippen LogP contribution in [0.1, 0.15) is 64.1 Å². The van der Waals surface area contributed by atoms with Gasteiger partial charge in [-0.05, 0) is 31.8 Å². The van der Waals surface area contributed by atoms with Crippen LogP contribution in [0.3, 0.4) is 0 Å². The van der Waals surface area contributed by atoms with Crippen molar-refractivity contribution in [3.05, 3.63) is 16.1 Å². The van der Waals surface area contributed by atoms with Crippen molar-refractivity contribution in [1.29, 1.82) is 0 Å². The average molecular weight is 310 g/mol. The monoisotopic (exact) mass is 309 g/mol. The van der Waals surface area contributed by atoms with E-state index in [-0.39, 0.29) is 5.41 Å². The fraction of sp³-hybridized carbons (Fsp3) is 0.824. The molecular formula is C17H31N3S. The van der Waals surface area contributed by atoms with E-state index < -0.39 is 0 Å². The van der Waals surface area contributed by atoms with Crippen LogP contribution in [0.25, 0.3) is 0 Å². The SMILES string of the molecule is CCN(Cc1csc(C(C)(C)C)n1)C1CCCCC1CN. The minimum absolute atomic E-state index is 0.157. The van der Waals surface area contributed by atoms with Crippen LogP contribution in [0, 0.1) is 5.92 Å². The predicted octanol–water partition coefficient (Wildman–Crippen LogP) is 3.78. The van der Waals surface area contributed by atoms with Crippen LogP contribution < -0.4 is 5.73 Å². The first-order valence-corrected chi connectivity index (χ1v) is 9.22. The molecule has 2 unspecified atom stereocenters. The highest BCUT2D eigenvalue weighted by Gasteiger charge is 2.29. The fourth-order valence-electron chi connectivity index (χ4n) is 3.34. The zero-order valence-electron chi connectivity index (χ0n) is 14.1.